The van der Waals surface area contributed by atoms with Crippen molar-refractivity contribution >= 4 is 39.5 Å². The van der Waals surface area contributed by atoms with Crippen molar-refractivity contribution in [3.8, 4) is 0 Å². The van der Waals surface area contributed by atoms with Gasteiger partial charge in [0.2, 0.25) is 0 Å². The second-order valence-electron chi connectivity index (χ2n) is 32.8. The molecule has 0 bridgehead atoms. The Balaban J connectivity index is 5.19. The summed E-state index contributed by atoms with van der Waals surface area (Å²) in [6.07, 6.45) is 78.2. The van der Waals surface area contributed by atoms with Crippen LogP contribution in [0.1, 0.15) is 490 Å². The van der Waals surface area contributed by atoms with Crippen LogP contribution < -0.4 is 0 Å². The fraction of sp³-hybridized carbons (Fsp3) is 0.956. The molecule has 0 heterocycles. The average Bonchev–Trinajstić information content (AvgIpc) is 0.901. The van der Waals surface area contributed by atoms with E-state index in [0.717, 1.165) is 96.3 Å². The normalized spacial score (nSPS) is 13.7. The highest BCUT2D eigenvalue weighted by molar-refractivity contribution is 7.47. The van der Waals surface area contributed by atoms with Gasteiger partial charge in [0.05, 0.1) is 26.4 Å². The van der Waals surface area contributed by atoms with Crippen LogP contribution in [0.3, 0.4) is 0 Å². The first kappa shape index (κ1) is 107. The minimum Gasteiger partial charge on any atom is -0.462 e. The third kappa shape index (κ3) is 83.8. The summed E-state index contributed by atoms with van der Waals surface area (Å²) in [5, 5.41) is 10.7. The standard InChI is InChI=1S/C90H176O17P2/c1-6-9-12-15-18-21-24-27-30-33-36-38-40-43-45-48-51-54-57-63-68-73-87(92)100-79-85(106-89(94)75-70-66-59-56-53-50-47-44-41-39-37-34-31-28-25-22-19-16-13-10-7-2)81-104-108(96,97)102-77-84(91)78-103-109(98,99)105-82-86(80-101-88(93)74-69-64-61-60-62-67-72-83(4)5)107-90(95)76-71-65-58-55-52-49-46-42-35-32-29-26-23-20-17-14-11-8-3/h83-86,91H,6-82H2,1-5H3,(H,96,97)(H,98,99)/t84-,85-,86-/m1/s1. The zero-order chi connectivity index (χ0) is 79.7. The summed E-state index contributed by atoms with van der Waals surface area (Å²) in [7, 11) is -9.93. The van der Waals surface area contributed by atoms with E-state index in [-0.39, 0.29) is 25.7 Å². The lowest BCUT2D eigenvalue weighted by atomic mass is 10.0. The Morgan fingerprint density at radius 2 is 0.422 bits per heavy atom. The topological polar surface area (TPSA) is 237 Å². The number of rotatable bonds is 90. The summed E-state index contributed by atoms with van der Waals surface area (Å²) < 4.78 is 69.0. The van der Waals surface area contributed by atoms with E-state index in [9.17, 15) is 43.2 Å². The minimum absolute atomic E-state index is 0.108. The van der Waals surface area contributed by atoms with Gasteiger partial charge in [-0.25, -0.2) is 9.13 Å². The van der Waals surface area contributed by atoms with Gasteiger partial charge in [0.15, 0.2) is 12.2 Å². The molecule has 3 N–H and O–H groups in total. The van der Waals surface area contributed by atoms with Crippen LogP contribution in [-0.2, 0) is 65.4 Å². The molecule has 5 atom stereocenters. The Hall–Kier alpha value is -1.94. The zero-order valence-electron chi connectivity index (χ0n) is 71.7. The van der Waals surface area contributed by atoms with Crippen molar-refractivity contribution < 1.29 is 80.2 Å². The zero-order valence-corrected chi connectivity index (χ0v) is 73.5. The number of phosphoric ester groups is 2. The molecule has 0 aromatic heterocycles. The lowest BCUT2D eigenvalue weighted by molar-refractivity contribution is -0.161. The number of hydrogen-bond acceptors (Lipinski definition) is 15. The fourth-order valence-electron chi connectivity index (χ4n) is 14.2. The summed E-state index contributed by atoms with van der Waals surface area (Å²) in [6.45, 7) is 7.30. The SMILES string of the molecule is CCCCCCCCCCCCCCCCCCCCCCCC(=O)OC[C@H](COP(=O)(O)OC[C@@H](O)COP(=O)(O)OC[C@@H](COC(=O)CCCCCCCCC(C)C)OC(=O)CCCCCCCCCCCCCCCCCCCC)OC(=O)CCCCCCCCCCCCCCCCCCCCCCC. The van der Waals surface area contributed by atoms with Crippen molar-refractivity contribution in [2.24, 2.45) is 5.92 Å². The molecule has 2 unspecified atom stereocenters. The van der Waals surface area contributed by atoms with E-state index < -0.39 is 97.5 Å². The summed E-state index contributed by atoms with van der Waals surface area (Å²) in [5.74, 6) is -1.42. The van der Waals surface area contributed by atoms with E-state index in [4.69, 9.17) is 37.0 Å². The second kappa shape index (κ2) is 82.6. The Bertz CT molecular complexity index is 2070. The van der Waals surface area contributed by atoms with Crippen molar-refractivity contribution in [3.63, 3.8) is 0 Å². The van der Waals surface area contributed by atoms with Crippen LogP contribution in [0.15, 0.2) is 0 Å². The van der Waals surface area contributed by atoms with E-state index >= 15 is 0 Å². The predicted molar refractivity (Wildman–Crippen MR) is 451 cm³/mol. The highest BCUT2D eigenvalue weighted by Crippen LogP contribution is 2.45. The maximum absolute atomic E-state index is 13.2. The van der Waals surface area contributed by atoms with Crippen molar-refractivity contribution in [2.75, 3.05) is 39.6 Å². The predicted octanol–water partition coefficient (Wildman–Crippen LogP) is 27.9. The number of aliphatic hydroxyl groups is 1. The number of carbonyl (C=O) groups is 4. The number of carbonyl (C=O) groups excluding carboxylic acids is 4. The highest BCUT2D eigenvalue weighted by atomic mass is 31.2. The molecule has 109 heavy (non-hydrogen) atoms. The highest BCUT2D eigenvalue weighted by Gasteiger charge is 2.31. The number of hydrogen-bond donors (Lipinski definition) is 3. The Labute approximate surface area is 670 Å². The van der Waals surface area contributed by atoms with Crippen molar-refractivity contribution in [3.05, 3.63) is 0 Å². The molecule has 0 amide bonds. The number of phosphoric acid groups is 2. The number of unbranched alkanes of at least 4 members (excludes halogenated alkanes) is 62. The van der Waals surface area contributed by atoms with Gasteiger partial charge in [-0.2, -0.15) is 0 Å². The molecule has 0 fully saturated rings. The lowest BCUT2D eigenvalue weighted by Crippen LogP contribution is -2.30. The molecule has 0 saturated carbocycles. The van der Waals surface area contributed by atoms with Gasteiger partial charge in [0.1, 0.15) is 19.3 Å². The molecular weight excluding hydrogens is 1410 g/mol. The van der Waals surface area contributed by atoms with Crippen LogP contribution in [0.2, 0.25) is 0 Å². The van der Waals surface area contributed by atoms with Gasteiger partial charge >= 0.3 is 39.5 Å². The van der Waals surface area contributed by atoms with E-state index in [1.54, 1.807) is 0 Å². The molecule has 0 aliphatic rings. The Morgan fingerprint density at radius 1 is 0.248 bits per heavy atom. The van der Waals surface area contributed by atoms with Crippen LogP contribution >= 0.6 is 15.6 Å². The fourth-order valence-corrected chi connectivity index (χ4v) is 15.8. The van der Waals surface area contributed by atoms with Crippen molar-refractivity contribution in [2.45, 2.75) is 509 Å². The first-order chi connectivity index (χ1) is 53.0. The number of esters is 4. The smallest absolute Gasteiger partial charge is 0.462 e. The summed E-state index contributed by atoms with van der Waals surface area (Å²) in [4.78, 5) is 73.3. The molecule has 648 valence electrons. The monoisotopic (exact) mass is 1590 g/mol. The molecule has 0 aliphatic heterocycles. The van der Waals surface area contributed by atoms with Gasteiger partial charge in [-0.3, -0.25) is 37.3 Å². The van der Waals surface area contributed by atoms with Crippen LogP contribution in [0.5, 0.6) is 0 Å². The first-order valence-electron chi connectivity index (χ1n) is 46.6. The van der Waals surface area contributed by atoms with E-state index in [1.165, 1.54) is 308 Å². The molecule has 0 radical (unpaired) electrons. The molecule has 0 rings (SSSR count). The summed E-state index contributed by atoms with van der Waals surface area (Å²) in [5.41, 5.74) is 0. The third-order valence-corrected chi connectivity index (χ3v) is 23.2. The molecular formula is C90H176O17P2. The maximum Gasteiger partial charge on any atom is 0.472 e. The lowest BCUT2D eigenvalue weighted by Gasteiger charge is -2.21. The quantitative estimate of drug-likeness (QED) is 0.0222. The maximum atomic E-state index is 13.2. The number of ether oxygens (including phenoxy) is 4. The summed E-state index contributed by atoms with van der Waals surface area (Å²) >= 11 is 0. The summed E-state index contributed by atoms with van der Waals surface area (Å²) in [6, 6.07) is 0. The molecule has 0 aliphatic carbocycles. The van der Waals surface area contributed by atoms with Gasteiger partial charge < -0.3 is 33.8 Å². The van der Waals surface area contributed by atoms with E-state index in [1.807, 2.05) is 0 Å². The largest absolute Gasteiger partial charge is 0.472 e. The molecule has 0 spiro atoms. The van der Waals surface area contributed by atoms with Crippen LogP contribution in [0, 0.1) is 5.92 Å². The average molecular weight is 1590 g/mol. The van der Waals surface area contributed by atoms with Crippen LogP contribution in [0.25, 0.3) is 0 Å². The molecule has 17 nitrogen and oxygen atoms in total. The number of aliphatic hydroxyl groups excluding tert-OH is 1. The molecule has 0 aromatic carbocycles. The third-order valence-electron chi connectivity index (χ3n) is 21.3. The van der Waals surface area contributed by atoms with Crippen LogP contribution in [0.4, 0.5) is 0 Å². The van der Waals surface area contributed by atoms with Gasteiger partial charge in [0, 0.05) is 25.7 Å². The van der Waals surface area contributed by atoms with Crippen LogP contribution in [-0.4, -0.2) is 96.7 Å². The molecule has 0 saturated heterocycles. The first-order valence-corrected chi connectivity index (χ1v) is 49.6. The van der Waals surface area contributed by atoms with Gasteiger partial charge in [-0.15, -0.1) is 0 Å². The van der Waals surface area contributed by atoms with Gasteiger partial charge in [-0.05, 0) is 31.6 Å². The van der Waals surface area contributed by atoms with Gasteiger partial charge in [-0.1, -0.05) is 439 Å². The Morgan fingerprint density at radius 3 is 0.624 bits per heavy atom. The van der Waals surface area contributed by atoms with E-state index in [2.05, 4.69) is 34.6 Å². The van der Waals surface area contributed by atoms with Gasteiger partial charge in [0.25, 0.3) is 0 Å². The Kier molecular flexibility index (Phi) is 81.1. The van der Waals surface area contributed by atoms with E-state index in [0.29, 0.717) is 31.6 Å². The minimum atomic E-state index is -4.97. The molecule has 19 heteroatoms. The van der Waals surface area contributed by atoms with Crippen molar-refractivity contribution in [1.82, 2.24) is 0 Å². The van der Waals surface area contributed by atoms with Crippen molar-refractivity contribution in [1.29, 1.82) is 0 Å². The second-order valence-corrected chi connectivity index (χ2v) is 35.7. The molecule has 0 aromatic rings.